The number of rotatable bonds is 7. The molecule has 0 radical (unpaired) electrons. The Bertz CT molecular complexity index is 261. The van der Waals surface area contributed by atoms with E-state index in [2.05, 4.69) is 29.1 Å². The molecule has 0 saturated heterocycles. The molecule has 1 rings (SSSR count). The molecule has 84 valence electrons. The SMILES string of the molecule is CCCNc1cnc(CSCCC)cn1. The number of thioether (sulfide) groups is 1. The zero-order valence-electron chi connectivity index (χ0n) is 9.49. The standard InChI is InChI=1S/C11H19N3S/c1-3-5-12-11-8-13-10(7-14-11)9-15-6-4-2/h7-8H,3-6,9H2,1-2H3,(H,12,14). The Labute approximate surface area is 96.1 Å². The maximum Gasteiger partial charge on any atom is 0.144 e. The van der Waals surface area contributed by atoms with E-state index >= 15 is 0 Å². The van der Waals surface area contributed by atoms with E-state index in [1.54, 1.807) is 0 Å². The molecular formula is C11H19N3S. The van der Waals surface area contributed by atoms with Crippen molar-refractivity contribution in [2.45, 2.75) is 32.4 Å². The Morgan fingerprint density at radius 3 is 2.67 bits per heavy atom. The van der Waals surface area contributed by atoms with Gasteiger partial charge in [0.1, 0.15) is 5.82 Å². The summed E-state index contributed by atoms with van der Waals surface area (Å²) in [5.41, 5.74) is 1.07. The molecule has 0 aliphatic rings. The summed E-state index contributed by atoms with van der Waals surface area (Å²) >= 11 is 1.91. The van der Waals surface area contributed by atoms with Crippen LogP contribution < -0.4 is 5.32 Å². The van der Waals surface area contributed by atoms with Gasteiger partial charge in [-0.15, -0.1) is 0 Å². The average molecular weight is 225 g/mol. The molecule has 0 saturated carbocycles. The maximum atomic E-state index is 4.36. The van der Waals surface area contributed by atoms with Crippen LogP contribution in [0.5, 0.6) is 0 Å². The molecule has 0 aliphatic heterocycles. The van der Waals surface area contributed by atoms with Crippen molar-refractivity contribution in [2.75, 3.05) is 17.6 Å². The fourth-order valence-corrected chi connectivity index (χ4v) is 1.89. The molecule has 15 heavy (non-hydrogen) atoms. The number of anilines is 1. The Balaban J connectivity index is 2.35. The van der Waals surface area contributed by atoms with Crippen LogP contribution in [-0.4, -0.2) is 22.3 Å². The highest BCUT2D eigenvalue weighted by Crippen LogP contribution is 2.11. The molecule has 0 amide bonds. The largest absolute Gasteiger partial charge is 0.369 e. The van der Waals surface area contributed by atoms with E-state index in [0.717, 1.165) is 30.2 Å². The van der Waals surface area contributed by atoms with Gasteiger partial charge in [-0.25, -0.2) is 4.98 Å². The molecule has 0 aliphatic carbocycles. The summed E-state index contributed by atoms with van der Waals surface area (Å²) in [6, 6.07) is 0. The van der Waals surface area contributed by atoms with Crippen molar-refractivity contribution in [3.8, 4) is 0 Å². The molecule has 4 heteroatoms. The lowest BCUT2D eigenvalue weighted by molar-refractivity contribution is 0.960. The lowest BCUT2D eigenvalue weighted by atomic mass is 10.4. The number of hydrogen-bond acceptors (Lipinski definition) is 4. The van der Waals surface area contributed by atoms with Gasteiger partial charge in [-0.05, 0) is 18.6 Å². The highest BCUT2D eigenvalue weighted by molar-refractivity contribution is 7.98. The lowest BCUT2D eigenvalue weighted by Crippen LogP contribution is -2.02. The highest BCUT2D eigenvalue weighted by Gasteiger charge is 1.96. The van der Waals surface area contributed by atoms with Gasteiger partial charge in [0, 0.05) is 12.3 Å². The van der Waals surface area contributed by atoms with Crippen LogP contribution >= 0.6 is 11.8 Å². The van der Waals surface area contributed by atoms with Crippen LogP contribution in [0, 0.1) is 0 Å². The van der Waals surface area contributed by atoms with E-state index < -0.39 is 0 Å². The molecule has 1 aromatic heterocycles. The van der Waals surface area contributed by atoms with Gasteiger partial charge in [-0.3, -0.25) is 4.98 Å². The topological polar surface area (TPSA) is 37.8 Å². The molecule has 1 heterocycles. The van der Waals surface area contributed by atoms with Gasteiger partial charge < -0.3 is 5.32 Å². The van der Waals surface area contributed by atoms with Crippen molar-refractivity contribution in [3.63, 3.8) is 0 Å². The smallest absolute Gasteiger partial charge is 0.144 e. The van der Waals surface area contributed by atoms with E-state index in [0.29, 0.717) is 0 Å². The Hall–Kier alpha value is -0.770. The van der Waals surface area contributed by atoms with Gasteiger partial charge in [0.25, 0.3) is 0 Å². The molecule has 0 aromatic carbocycles. The summed E-state index contributed by atoms with van der Waals surface area (Å²) in [5, 5.41) is 3.21. The third-order valence-corrected chi connectivity index (χ3v) is 3.06. The first-order valence-electron chi connectivity index (χ1n) is 5.49. The van der Waals surface area contributed by atoms with Gasteiger partial charge in [-0.2, -0.15) is 11.8 Å². The molecule has 1 N–H and O–H groups in total. The van der Waals surface area contributed by atoms with E-state index in [1.807, 2.05) is 24.2 Å². The minimum atomic E-state index is 0.876. The molecule has 0 bridgehead atoms. The lowest BCUT2D eigenvalue weighted by Gasteiger charge is -2.04. The van der Waals surface area contributed by atoms with Crippen LogP contribution in [0.25, 0.3) is 0 Å². The molecular weight excluding hydrogens is 206 g/mol. The highest BCUT2D eigenvalue weighted by atomic mass is 32.2. The normalized spacial score (nSPS) is 10.3. The molecule has 0 unspecified atom stereocenters. The van der Waals surface area contributed by atoms with Crippen LogP contribution in [0.2, 0.25) is 0 Å². The first-order chi connectivity index (χ1) is 7.36. The summed E-state index contributed by atoms with van der Waals surface area (Å²) in [7, 11) is 0. The second-order valence-corrected chi connectivity index (χ2v) is 4.48. The van der Waals surface area contributed by atoms with Crippen molar-refractivity contribution < 1.29 is 0 Å². The van der Waals surface area contributed by atoms with Crippen LogP contribution in [0.15, 0.2) is 12.4 Å². The van der Waals surface area contributed by atoms with Crippen molar-refractivity contribution in [2.24, 2.45) is 0 Å². The van der Waals surface area contributed by atoms with E-state index in [4.69, 9.17) is 0 Å². The quantitative estimate of drug-likeness (QED) is 0.724. The van der Waals surface area contributed by atoms with Gasteiger partial charge in [0.15, 0.2) is 0 Å². The second-order valence-electron chi connectivity index (χ2n) is 3.37. The van der Waals surface area contributed by atoms with Crippen LogP contribution in [0.1, 0.15) is 32.4 Å². The Morgan fingerprint density at radius 2 is 2.07 bits per heavy atom. The van der Waals surface area contributed by atoms with Crippen molar-refractivity contribution in [1.82, 2.24) is 9.97 Å². The van der Waals surface area contributed by atoms with E-state index in [1.165, 1.54) is 12.2 Å². The third kappa shape index (κ3) is 5.02. The minimum absolute atomic E-state index is 0.876. The predicted molar refractivity (Wildman–Crippen MR) is 67.3 cm³/mol. The van der Waals surface area contributed by atoms with Crippen LogP contribution in [0.3, 0.4) is 0 Å². The fourth-order valence-electron chi connectivity index (χ4n) is 1.09. The first kappa shape index (κ1) is 12.3. The number of nitrogens with zero attached hydrogens (tertiary/aromatic N) is 2. The fraction of sp³-hybridized carbons (Fsp3) is 0.636. The van der Waals surface area contributed by atoms with Crippen LogP contribution in [0.4, 0.5) is 5.82 Å². The summed E-state index contributed by atoms with van der Waals surface area (Å²) in [6.07, 6.45) is 6.00. The molecule has 0 atom stereocenters. The monoisotopic (exact) mass is 225 g/mol. The van der Waals surface area contributed by atoms with Crippen molar-refractivity contribution in [1.29, 1.82) is 0 Å². The summed E-state index contributed by atoms with van der Waals surface area (Å²) < 4.78 is 0. The first-order valence-corrected chi connectivity index (χ1v) is 6.64. The average Bonchev–Trinajstić information content (AvgIpc) is 2.28. The second kappa shape index (κ2) is 7.51. The molecule has 1 aromatic rings. The Kier molecular flexibility index (Phi) is 6.16. The maximum absolute atomic E-state index is 4.36. The zero-order chi connectivity index (χ0) is 10.9. The zero-order valence-corrected chi connectivity index (χ0v) is 10.3. The number of hydrogen-bond donors (Lipinski definition) is 1. The minimum Gasteiger partial charge on any atom is -0.369 e. The number of aromatic nitrogens is 2. The van der Waals surface area contributed by atoms with Gasteiger partial charge in [0.05, 0.1) is 18.1 Å². The van der Waals surface area contributed by atoms with Crippen molar-refractivity contribution >= 4 is 17.6 Å². The summed E-state index contributed by atoms with van der Waals surface area (Å²) in [4.78, 5) is 8.67. The van der Waals surface area contributed by atoms with Crippen LogP contribution in [-0.2, 0) is 5.75 Å². The molecule has 0 spiro atoms. The molecule has 0 fully saturated rings. The van der Waals surface area contributed by atoms with Gasteiger partial charge in [0.2, 0.25) is 0 Å². The Morgan fingerprint density at radius 1 is 1.20 bits per heavy atom. The molecule has 3 nitrogen and oxygen atoms in total. The van der Waals surface area contributed by atoms with E-state index in [9.17, 15) is 0 Å². The van der Waals surface area contributed by atoms with Gasteiger partial charge in [-0.1, -0.05) is 13.8 Å². The summed E-state index contributed by atoms with van der Waals surface area (Å²) in [6.45, 7) is 5.28. The van der Waals surface area contributed by atoms with E-state index in [-0.39, 0.29) is 0 Å². The van der Waals surface area contributed by atoms with Crippen molar-refractivity contribution in [3.05, 3.63) is 18.1 Å². The van der Waals surface area contributed by atoms with Gasteiger partial charge >= 0.3 is 0 Å². The predicted octanol–water partition coefficient (Wildman–Crippen LogP) is 2.94. The summed E-state index contributed by atoms with van der Waals surface area (Å²) in [5.74, 6) is 3.04. The third-order valence-electron chi connectivity index (χ3n) is 1.86. The number of nitrogens with one attached hydrogen (secondary N) is 1.